The van der Waals surface area contributed by atoms with E-state index in [2.05, 4.69) is 5.32 Å². The number of carbonyl (C=O) groups excluding carboxylic acids is 3. The van der Waals surface area contributed by atoms with E-state index < -0.39 is 17.4 Å². The van der Waals surface area contributed by atoms with Crippen LogP contribution < -0.4 is 10.6 Å². The average molecular weight is 401 g/mol. The molecular formula is C21H26N3O3S+. The summed E-state index contributed by atoms with van der Waals surface area (Å²) in [6.45, 7) is 0. The molecule has 0 unspecified atom stereocenters. The Labute approximate surface area is 168 Å². The monoisotopic (exact) mass is 400 g/mol. The van der Waals surface area contributed by atoms with E-state index in [-0.39, 0.29) is 29.8 Å². The van der Waals surface area contributed by atoms with Gasteiger partial charge in [-0.3, -0.25) is 19.3 Å². The summed E-state index contributed by atoms with van der Waals surface area (Å²) in [7, 11) is 0. The third kappa shape index (κ3) is 2.29. The van der Waals surface area contributed by atoms with E-state index in [9.17, 15) is 14.4 Å². The van der Waals surface area contributed by atoms with Gasteiger partial charge in [-0.05, 0) is 30.9 Å². The first kappa shape index (κ1) is 18.2. The van der Waals surface area contributed by atoms with Crippen molar-refractivity contribution in [1.82, 2.24) is 4.90 Å². The lowest BCUT2D eigenvalue weighted by Gasteiger charge is -2.28. The standard InChI is InChI=1S/C21H25N3O3S/c1-28-11-10-15-16-17(19(26)24(18(16)25)12-6-2-3-7-12)21(23-15)13-8-4-5-9-14(13)22-20(21)27/h4-5,8-9,12,15-17,23H,2-3,6-7,10-11H2,1H3,(H,22,27)/p+1/t15-,16+,17-,21-/m1/s1. The number of fused-ring (bicyclic) bond motifs is 4. The molecule has 1 aromatic carbocycles. The predicted molar refractivity (Wildman–Crippen MR) is 107 cm³/mol. The lowest BCUT2D eigenvalue weighted by molar-refractivity contribution is -0.733. The first-order valence-electron chi connectivity index (χ1n) is 10.2. The van der Waals surface area contributed by atoms with Crippen molar-refractivity contribution < 1.29 is 19.7 Å². The van der Waals surface area contributed by atoms with Crippen LogP contribution in [0, 0.1) is 11.8 Å². The molecule has 0 bridgehead atoms. The van der Waals surface area contributed by atoms with Crippen LogP contribution in [0.3, 0.4) is 0 Å². The van der Waals surface area contributed by atoms with Gasteiger partial charge < -0.3 is 10.6 Å². The van der Waals surface area contributed by atoms with Gasteiger partial charge in [-0.25, -0.2) is 0 Å². The van der Waals surface area contributed by atoms with Crippen molar-refractivity contribution in [1.29, 1.82) is 0 Å². The number of thioether (sulfide) groups is 1. The number of carbonyl (C=O) groups is 3. The van der Waals surface area contributed by atoms with Gasteiger partial charge >= 0.3 is 0 Å². The lowest BCUT2D eigenvalue weighted by atomic mass is 9.76. The van der Waals surface area contributed by atoms with Crippen LogP contribution >= 0.6 is 11.8 Å². The molecule has 7 heteroatoms. The molecule has 4 aliphatic rings. The van der Waals surface area contributed by atoms with Gasteiger partial charge in [-0.1, -0.05) is 31.0 Å². The van der Waals surface area contributed by atoms with E-state index in [0.29, 0.717) is 0 Å². The number of amides is 3. The van der Waals surface area contributed by atoms with E-state index in [0.717, 1.165) is 49.1 Å². The van der Waals surface area contributed by atoms with Gasteiger partial charge in [0.2, 0.25) is 17.4 Å². The third-order valence-corrected chi connectivity index (χ3v) is 7.80. The summed E-state index contributed by atoms with van der Waals surface area (Å²) in [6.07, 6.45) is 6.78. The number of quaternary nitrogens is 1. The summed E-state index contributed by atoms with van der Waals surface area (Å²) >= 11 is 1.74. The van der Waals surface area contributed by atoms with Gasteiger partial charge in [0.25, 0.3) is 5.91 Å². The number of nitrogens with two attached hydrogens (primary N) is 1. The molecule has 3 fully saturated rings. The number of benzene rings is 1. The van der Waals surface area contributed by atoms with Crippen LogP contribution in [0.15, 0.2) is 24.3 Å². The number of anilines is 1. The normalized spacial score (nSPS) is 34.4. The molecule has 3 aliphatic heterocycles. The highest BCUT2D eigenvalue weighted by Gasteiger charge is 2.74. The number of hydrogen-bond donors (Lipinski definition) is 2. The van der Waals surface area contributed by atoms with Gasteiger partial charge in [0.1, 0.15) is 17.9 Å². The molecule has 6 nitrogen and oxygen atoms in total. The minimum absolute atomic E-state index is 0.0172. The fourth-order valence-electron chi connectivity index (χ4n) is 5.98. The van der Waals surface area contributed by atoms with Gasteiger partial charge in [0, 0.05) is 18.0 Å². The maximum Gasteiger partial charge on any atom is 0.291 e. The molecule has 0 aromatic heterocycles. The van der Waals surface area contributed by atoms with E-state index in [1.54, 1.807) is 16.7 Å². The molecule has 1 aromatic rings. The second kappa shape index (κ2) is 6.59. The summed E-state index contributed by atoms with van der Waals surface area (Å²) in [5.74, 6) is -0.415. The molecule has 1 spiro atoms. The highest BCUT2D eigenvalue weighted by molar-refractivity contribution is 7.98. The topological polar surface area (TPSA) is 83.1 Å². The van der Waals surface area contributed by atoms with Crippen molar-refractivity contribution in [3.8, 4) is 0 Å². The SMILES string of the molecule is CSCC[C@H]1[NH2+][C@@]2(C(=O)Nc3ccccc32)[C@H]2C(=O)N(C3CCCC3)C(=O)[C@@H]12. The third-order valence-electron chi connectivity index (χ3n) is 7.16. The Bertz CT molecular complexity index is 853. The number of imide groups is 1. The Morgan fingerprint density at radius 2 is 1.93 bits per heavy atom. The summed E-state index contributed by atoms with van der Waals surface area (Å²) in [5.41, 5.74) is 0.619. The lowest BCUT2D eigenvalue weighted by Crippen LogP contribution is -2.99. The molecule has 2 saturated heterocycles. The van der Waals surface area contributed by atoms with Crippen molar-refractivity contribution in [3.05, 3.63) is 29.8 Å². The largest absolute Gasteiger partial charge is 0.326 e. The Balaban J connectivity index is 1.61. The van der Waals surface area contributed by atoms with Crippen molar-refractivity contribution in [3.63, 3.8) is 0 Å². The number of para-hydroxylation sites is 1. The number of nitrogens with zero attached hydrogens (tertiary/aromatic N) is 1. The van der Waals surface area contributed by atoms with Crippen LogP contribution in [-0.2, 0) is 19.9 Å². The van der Waals surface area contributed by atoms with Gasteiger partial charge in [0.15, 0.2) is 0 Å². The minimum Gasteiger partial charge on any atom is -0.326 e. The van der Waals surface area contributed by atoms with Crippen LogP contribution in [0.4, 0.5) is 5.69 Å². The van der Waals surface area contributed by atoms with Crippen molar-refractivity contribution in [2.75, 3.05) is 17.3 Å². The maximum atomic E-state index is 13.6. The molecule has 5 rings (SSSR count). The summed E-state index contributed by atoms with van der Waals surface area (Å²) < 4.78 is 0. The van der Waals surface area contributed by atoms with Crippen molar-refractivity contribution in [2.24, 2.45) is 11.8 Å². The van der Waals surface area contributed by atoms with Crippen molar-refractivity contribution in [2.45, 2.75) is 49.7 Å². The zero-order valence-corrected chi connectivity index (χ0v) is 16.8. The highest BCUT2D eigenvalue weighted by Crippen LogP contribution is 2.50. The van der Waals surface area contributed by atoms with Crippen LogP contribution in [0.1, 0.15) is 37.7 Å². The van der Waals surface area contributed by atoms with E-state index in [4.69, 9.17) is 0 Å². The van der Waals surface area contributed by atoms with E-state index in [1.807, 2.05) is 35.8 Å². The minimum atomic E-state index is -1.01. The van der Waals surface area contributed by atoms with Crippen molar-refractivity contribution >= 4 is 35.2 Å². The first-order chi connectivity index (χ1) is 13.6. The van der Waals surface area contributed by atoms with Crippen LogP contribution in [-0.4, -0.2) is 46.7 Å². The number of nitrogens with one attached hydrogen (secondary N) is 1. The fourth-order valence-corrected chi connectivity index (χ4v) is 6.49. The second-order valence-corrected chi connectivity index (χ2v) is 9.45. The molecule has 4 atom stereocenters. The van der Waals surface area contributed by atoms with E-state index in [1.165, 1.54) is 0 Å². The smallest absolute Gasteiger partial charge is 0.291 e. The number of likely N-dealkylation sites (tertiary alicyclic amines) is 1. The number of hydrogen-bond acceptors (Lipinski definition) is 4. The van der Waals surface area contributed by atoms with Gasteiger partial charge in [-0.15, -0.1) is 0 Å². The Morgan fingerprint density at radius 1 is 1.18 bits per heavy atom. The molecule has 3 N–H and O–H groups in total. The quantitative estimate of drug-likeness (QED) is 0.741. The number of rotatable bonds is 4. The maximum absolute atomic E-state index is 13.6. The molecule has 0 radical (unpaired) electrons. The molecule has 1 aliphatic carbocycles. The van der Waals surface area contributed by atoms with Crippen LogP contribution in [0.5, 0.6) is 0 Å². The Kier molecular flexibility index (Phi) is 4.28. The Hall–Kier alpha value is -1.86. The van der Waals surface area contributed by atoms with Gasteiger partial charge in [0.05, 0.1) is 5.69 Å². The molecule has 1 saturated carbocycles. The molecule has 28 heavy (non-hydrogen) atoms. The summed E-state index contributed by atoms with van der Waals surface area (Å²) in [6, 6.07) is 7.60. The highest BCUT2D eigenvalue weighted by atomic mass is 32.2. The van der Waals surface area contributed by atoms with Gasteiger partial charge in [-0.2, -0.15) is 11.8 Å². The zero-order chi connectivity index (χ0) is 19.5. The fraction of sp³-hybridized carbons (Fsp3) is 0.571. The van der Waals surface area contributed by atoms with Crippen LogP contribution in [0.25, 0.3) is 0 Å². The zero-order valence-electron chi connectivity index (χ0n) is 16.0. The predicted octanol–water partition coefficient (Wildman–Crippen LogP) is 1.08. The van der Waals surface area contributed by atoms with Crippen LogP contribution in [0.2, 0.25) is 0 Å². The first-order valence-corrected chi connectivity index (χ1v) is 11.6. The summed E-state index contributed by atoms with van der Waals surface area (Å²) in [4.78, 5) is 41.9. The second-order valence-electron chi connectivity index (χ2n) is 8.47. The molecule has 3 heterocycles. The summed E-state index contributed by atoms with van der Waals surface area (Å²) in [5, 5.41) is 5.02. The molecular weight excluding hydrogens is 374 g/mol. The Morgan fingerprint density at radius 3 is 2.68 bits per heavy atom. The van der Waals surface area contributed by atoms with E-state index >= 15 is 0 Å². The molecule has 3 amide bonds. The average Bonchev–Trinajstić information content (AvgIpc) is 3.42. The molecule has 148 valence electrons.